The predicted molar refractivity (Wildman–Crippen MR) is 129 cm³/mol. The molecule has 0 aliphatic heterocycles. The van der Waals surface area contributed by atoms with Crippen molar-refractivity contribution < 1.29 is 4.74 Å². The lowest BCUT2D eigenvalue weighted by Crippen LogP contribution is -2.32. The van der Waals surface area contributed by atoms with Crippen LogP contribution in [0.15, 0.2) is 54.7 Å². The van der Waals surface area contributed by atoms with Gasteiger partial charge in [0.05, 0.1) is 5.69 Å². The van der Waals surface area contributed by atoms with Gasteiger partial charge < -0.3 is 4.74 Å². The first-order valence-electron chi connectivity index (χ1n) is 11.7. The van der Waals surface area contributed by atoms with Crippen molar-refractivity contribution in [1.29, 1.82) is 0 Å². The van der Waals surface area contributed by atoms with E-state index >= 15 is 0 Å². The van der Waals surface area contributed by atoms with Crippen LogP contribution in [0.3, 0.4) is 0 Å². The first-order valence-corrected chi connectivity index (χ1v) is 11.7. The second-order valence-electron chi connectivity index (χ2n) is 10.1. The van der Waals surface area contributed by atoms with Crippen LogP contribution in [0.1, 0.15) is 56.5 Å². The van der Waals surface area contributed by atoms with Crippen molar-refractivity contribution in [2.75, 3.05) is 6.73 Å². The molecule has 2 unspecified atom stereocenters. The quantitative estimate of drug-likeness (QED) is 0.314. The Morgan fingerprint density at radius 1 is 1.09 bits per heavy atom. The van der Waals surface area contributed by atoms with E-state index in [-0.39, 0.29) is 10.8 Å². The molecule has 168 valence electrons. The van der Waals surface area contributed by atoms with Crippen LogP contribution < -0.4 is 10.1 Å². The molecule has 1 aromatic carbocycles. The molecule has 0 spiro atoms. The molecule has 2 bridgehead atoms. The molecule has 0 amide bonds. The fourth-order valence-corrected chi connectivity index (χ4v) is 5.98. The summed E-state index contributed by atoms with van der Waals surface area (Å²) in [6.45, 7) is 8.19. The first kappa shape index (κ1) is 20.4. The average Bonchev–Trinajstić information content (AvgIpc) is 3.41. The van der Waals surface area contributed by atoms with Gasteiger partial charge in [0.2, 0.25) is 5.88 Å². The van der Waals surface area contributed by atoms with Gasteiger partial charge in [0.25, 0.3) is 0 Å². The minimum absolute atomic E-state index is 0.136. The van der Waals surface area contributed by atoms with Crippen molar-refractivity contribution in [1.82, 2.24) is 25.5 Å². The zero-order valence-corrected chi connectivity index (χ0v) is 19.4. The molecule has 3 heterocycles. The number of nitrogens with one attached hydrogen (secondary N) is 2. The Morgan fingerprint density at radius 2 is 1.94 bits per heavy atom. The molecule has 33 heavy (non-hydrogen) atoms. The van der Waals surface area contributed by atoms with Crippen molar-refractivity contribution in [2.45, 2.75) is 51.5 Å². The van der Waals surface area contributed by atoms with Gasteiger partial charge in [0, 0.05) is 40.9 Å². The van der Waals surface area contributed by atoms with E-state index in [2.05, 4.69) is 60.4 Å². The molecule has 2 atom stereocenters. The second kappa shape index (κ2) is 7.39. The van der Waals surface area contributed by atoms with E-state index in [9.17, 15) is 0 Å². The molecule has 2 aliphatic carbocycles. The maximum atomic E-state index is 6.03. The van der Waals surface area contributed by atoms with Crippen LogP contribution in [0, 0.1) is 5.41 Å². The smallest absolute Gasteiger partial charge is 0.215 e. The van der Waals surface area contributed by atoms with Crippen LogP contribution in [0.5, 0.6) is 5.88 Å². The minimum Gasteiger partial charge on any atom is -0.462 e. The molecular weight excluding hydrogens is 410 g/mol. The molecule has 6 rings (SSSR count). The fraction of sp³-hybridized carbons (Fsp3) is 0.370. The molecular formula is C27H29N5O. The van der Waals surface area contributed by atoms with Crippen LogP contribution in [-0.2, 0) is 12.0 Å². The molecule has 3 aromatic heterocycles. The highest BCUT2D eigenvalue weighted by atomic mass is 16.5. The average molecular weight is 440 g/mol. The van der Waals surface area contributed by atoms with Gasteiger partial charge >= 0.3 is 0 Å². The number of pyridine rings is 2. The minimum atomic E-state index is 0.136. The Kier molecular flexibility index (Phi) is 4.56. The molecule has 2 aliphatic rings. The van der Waals surface area contributed by atoms with Crippen LogP contribution in [0.4, 0.5) is 0 Å². The summed E-state index contributed by atoms with van der Waals surface area (Å²) in [6.07, 6.45) is 4.21. The van der Waals surface area contributed by atoms with Gasteiger partial charge in [-0.15, -0.1) is 0 Å². The maximum Gasteiger partial charge on any atom is 0.215 e. The number of H-pyrrole nitrogens is 1. The van der Waals surface area contributed by atoms with Crippen LogP contribution in [-0.4, -0.2) is 26.9 Å². The van der Waals surface area contributed by atoms with Crippen molar-refractivity contribution >= 4 is 10.8 Å². The van der Waals surface area contributed by atoms with Crippen molar-refractivity contribution in [3.05, 3.63) is 71.7 Å². The van der Waals surface area contributed by atoms with Gasteiger partial charge in [-0.1, -0.05) is 51.1 Å². The zero-order valence-electron chi connectivity index (χ0n) is 19.4. The van der Waals surface area contributed by atoms with Crippen LogP contribution >= 0.6 is 0 Å². The van der Waals surface area contributed by atoms with E-state index in [4.69, 9.17) is 14.8 Å². The highest BCUT2D eigenvalue weighted by Crippen LogP contribution is 2.68. The number of hydrogen-bond donors (Lipinski definition) is 2. The molecule has 4 aromatic rings. The highest BCUT2D eigenvalue weighted by Gasteiger charge is 2.61. The SMILES string of the molecule is CC12CCC(c3c(-c4nc(OCNCc5ccccn5)cc5ccccc45)n[nH]c31)C2(C)C. The summed E-state index contributed by atoms with van der Waals surface area (Å²) in [5.41, 5.74) is 5.87. The molecule has 0 radical (unpaired) electrons. The summed E-state index contributed by atoms with van der Waals surface area (Å²) in [7, 11) is 0. The fourth-order valence-electron chi connectivity index (χ4n) is 5.98. The third-order valence-electron chi connectivity index (χ3n) is 8.23. The molecule has 1 fully saturated rings. The lowest BCUT2D eigenvalue weighted by atomic mass is 9.70. The maximum absolute atomic E-state index is 6.03. The van der Waals surface area contributed by atoms with Crippen molar-refractivity contribution in [2.24, 2.45) is 5.41 Å². The first-order chi connectivity index (χ1) is 16.0. The third-order valence-corrected chi connectivity index (χ3v) is 8.23. The normalized spacial score (nSPS) is 22.6. The van der Waals surface area contributed by atoms with Crippen LogP contribution in [0.25, 0.3) is 22.2 Å². The van der Waals surface area contributed by atoms with E-state index in [0.29, 0.717) is 25.1 Å². The summed E-state index contributed by atoms with van der Waals surface area (Å²) in [6, 6.07) is 16.3. The van der Waals surface area contributed by atoms with Gasteiger partial charge in [-0.05, 0) is 41.7 Å². The Labute approximate surface area is 193 Å². The van der Waals surface area contributed by atoms with Crippen LogP contribution in [0.2, 0.25) is 0 Å². The summed E-state index contributed by atoms with van der Waals surface area (Å²) >= 11 is 0. The third kappa shape index (κ3) is 3.00. The lowest BCUT2D eigenvalue weighted by Gasteiger charge is -2.34. The largest absolute Gasteiger partial charge is 0.462 e. The molecule has 6 heteroatoms. The number of aromatic nitrogens is 4. The van der Waals surface area contributed by atoms with E-state index < -0.39 is 0 Å². The number of nitrogens with zero attached hydrogens (tertiary/aromatic N) is 3. The Bertz CT molecular complexity index is 1330. The zero-order chi connectivity index (χ0) is 22.6. The number of fused-ring (bicyclic) bond motifs is 6. The summed E-state index contributed by atoms with van der Waals surface area (Å²) < 4.78 is 6.03. The topological polar surface area (TPSA) is 75.7 Å². The van der Waals surface area contributed by atoms with E-state index in [1.165, 1.54) is 24.1 Å². The van der Waals surface area contributed by atoms with Gasteiger partial charge in [-0.2, -0.15) is 5.10 Å². The van der Waals surface area contributed by atoms with E-state index in [1.54, 1.807) is 6.20 Å². The number of ether oxygens (including phenoxy) is 1. The van der Waals surface area contributed by atoms with E-state index in [0.717, 1.165) is 27.9 Å². The molecule has 2 N–H and O–H groups in total. The monoisotopic (exact) mass is 439 g/mol. The lowest BCUT2D eigenvalue weighted by molar-refractivity contribution is 0.225. The van der Waals surface area contributed by atoms with Gasteiger partial charge in [-0.3, -0.25) is 15.4 Å². The Hall–Kier alpha value is -3.25. The highest BCUT2D eigenvalue weighted by molar-refractivity contribution is 5.95. The van der Waals surface area contributed by atoms with Crippen molar-refractivity contribution in [3.8, 4) is 17.3 Å². The number of benzene rings is 1. The molecule has 6 nitrogen and oxygen atoms in total. The predicted octanol–water partition coefficient (Wildman–Crippen LogP) is 5.32. The standard InChI is InChI=1S/C27H29N5O/c1-26(2)20-11-12-27(26,3)25-22(20)24(31-32-25)23-19-10-5-4-8-17(19)14-21(30-23)33-16-28-15-18-9-6-7-13-29-18/h4-10,13-14,20,28H,11-12,15-16H2,1-3H3,(H,31,32). The molecule has 1 saturated carbocycles. The molecule has 0 saturated heterocycles. The summed E-state index contributed by atoms with van der Waals surface area (Å²) in [4.78, 5) is 9.29. The van der Waals surface area contributed by atoms with Crippen molar-refractivity contribution in [3.63, 3.8) is 0 Å². The van der Waals surface area contributed by atoms with Gasteiger partial charge in [0.15, 0.2) is 0 Å². The summed E-state index contributed by atoms with van der Waals surface area (Å²) in [5, 5.41) is 13.7. The number of aromatic amines is 1. The number of rotatable bonds is 6. The second-order valence-corrected chi connectivity index (χ2v) is 10.1. The van der Waals surface area contributed by atoms with Gasteiger partial charge in [-0.25, -0.2) is 4.98 Å². The summed E-state index contributed by atoms with van der Waals surface area (Å²) in [5.74, 6) is 1.10. The number of hydrogen-bond acceptors (Lipinski definition) is 5. The Balaban J connectivity index is 1.34. The Morgan fingerprint density at radius 3 is 2.79 bits per heavy atom. The van der Waals surface area contributed by atoms with Gasteiger partial charge in [0.1, 0.15) is 18.1 Å². The van der Waals surface area contributed by atoms with E-state index in [1.807, 2.05) is 24.3 Å².